The molecule has 0 aliphatic carbocycles. The lowest BCUT2D eigenvalue weighted by molar-refractivity contribution is -0.121. The van der Waals surface area contributed by atoms with Gasteiger partial charge in [-0.2, -0.15) is 0 Å². The fraction of sp³-hybridized carbons (Fsp3) is 0.370. The van der Waals surface area contributed by atoms with Gasteiger partial charge in [-0.3, -0.25) is 9.79 Å². The normalized spacial score (nSPS) is 14.1. The minimum Gasteiger partial charge on any atom is -0.351 e. The Kier molecular flexibility index (Phi) is 6.93. The van der Waals surface area contributed by atoms with E-state index in [-0.39, 0.29) is 5.91 Å². The number of aromatic nitrogens is 2. The van der Waals surface area contributed by atoms with Crippen molar-refractivity contribution in [2.24, 2.45) is 4.99 Å². The number of aliphatic imine (C=N–C) groups is 1. The van der Waals surface area contributed by atoms with Gasteiger partial charge in [-0.15, -0.1) is 0 Å². The number of hydrogen-bond acceptors (Lipinski definition) is 7. The van der Waals surface area contributed by atoms with Crippen molar-refractivity contribution in [3.63, 3.8) is 0 Å². The number of aryl methyl sites for hydroxylation is 1. The number of nitrogens with zero attached hydrogens (tertiary/aromatic N) is 4. The fourth-order valence-corrected chi connectivity index (χ4v) is 4.40. The number of rotatable bonds is 7. The summed E-state index contributed by atoms with van der Waals surface area (Å²) in [7, 11) is 3.54. The van der Waals surface area contributed by atoms with E-state index in [4.69, 9.17) is 5.41 Å². The van der Waals surface area contributed by atoms with E-state index in [0.29, 0.717) is 13.0 Å². The first-order valence-electron chi connectivity index (χ1n) is 11.8. The molecule has 0 saturated carbocycles. The third-order valence-corrected chi connectivity index (χ3v) is 6.78. The molecule has 2 aromatic carbocycles. The molecule has 1 aromatic heterocycles. The Hall–Kier alpha value is -3.65. The first kappa shape index (κ1) is 24.5. The van der Waals surface area contributed by atoms with Gasteiger partial charge in [0.2, 0.25) is 5.91 Å². The molecule has 182 valence electrons. The minimum atomic E-state index is -0.657. The lowest BCUT2D eigenvalue weighted by atomic mass is 9.97. The zero-order valence-electron chi connectivity index (χ0n) is 21.1. The topological polar surface area (TPSA) is 106 Å². The molecule has 35 heavy (non-hydrogen) atoms. The van der Waals surface area contributed by atoms with Gasteiger partial charge in [0.15, 0.2) is 0 Å². The van der Waals surface area contributed by atoms with E-state index in [2.05, 4.69) is 54.8 Å². The van der Waals surface area contributed by atoms with Crippen LogP contribution >= 0.6 is 0 Å². The molecule has 4 rings (SSSR count). The maximum absolute atomic E-state index is 12.6. The van der Waals surface area contributed by atoms with Gasteiger partial charge in [-0.1, -0.05) is 6.07 Å². The number of hydrogen-bond donors (Lipinski definition) is 3. The summed E-state index contributed by atoms with van der Waals surface area (Å²) in [6.45, 7) is 7.30. The van der Waals surface area contributed by atoms with Crippen molar-refractivity contribution in [2.75, 3.05) is 30.9 Å². The van der Waals surface area contributed by atoms with Crippen LogP contribution in [-0.2, 0) is 17.8 Å². The van der Waals surface area contributed by atoms with E-state index in [9.17, 15) is 4.79 Å². The predicted molar refractivity (Wildman–Crippen MR) is 143 cm³/mol. The van der Waals surface area contributed by atoms with Crippen molar-refractivity contribution in [2.45, 2.75) is 45.7 Å². The molecule has 0 atom stereocenters. The molecular formula is C27H33N7O. The van der Waals surface area contributed by atoms with Crippen molar-refractivity contribution in [3.05, 3.63) is 58.9 Å². The SMILES string of the molecule is CN=C(CC=N)c1cc(C)c2ncnc(N3CCc4ccc(NC(=O)C(C)(C)NC)cc4C3)c2c1. The zero-order valence-corrected chi connectivity index (χ0v) is 21.1. The summed E-state index contributed by atoms with van der Waals surface area (Å²) in [4.78, 5) is 28.5. The van der Waals surface area contributed by atoms with Crippen molar-refractivity contribution < 1.29 is 4.79 Å². The zero-order chi connectivity index (χ0) is 25.2. The van der Waals surface area contributed by atoms with E-state index < -0.39 is 5.54 Å². The average Bonchev–Trinajstić information content (AvgIpc) is 2.86. The molecule has 1 amide bonds. The van der Waals surface area contributed by atoms with Crippen molar-refractivity contribution in [1.82, 2.24) is 15.3 Å². The van der Waals surface area contributed by atoms with Gasteiger partial charge < -0.3 is 20.9 Å². The molecule has 0 fully saturated rings. The molecule has 0 bridgehead atoms. The summed E-state index contributed by atoms with van der Waals surface area (Å²) in [5.74, 6) is 0.817. The van der Waals surface area contributed by atoms with E-state index in [1.165, 1.54) is 17.3 Å². The highest BCUT2D eigenvalue weighted by Gasteiger charge is 2.26. The minimum absolute atomic E-state index is 0.0734. The molecule has 1 aliphatic heterocycles. The van der Waals surface area contributed by atoms with Crippen LogP contribution in [0.5, 0.6) is 0 Å². The summed E-state index contributed by atoms with van der Waals surface area (Å²) in [6, 6.07) is 10.3. The Morgan fingerprint density at radius 3 is 2.74 bits per heavy atom. The number of anilines is 2. The molecule has 2 heterocycles. The second-order valence-corrected chi connectivity index (χ2v) is 9.45. The second kappa shape index (κ2) is 9.92. The Labute approximate surface area is 206 Å². The largest absolute Gasteiger partial charge is 0.351 e. The summed E-state index contributed by atoms with van der Waals surface area (Å²) in [5, 5.41) is 14.6. The number of amides is 1. The van der Waals surface area contributed by atoms with Gasteiger partial charge >= 0.3 is 0 Å². The number of benzene rings is 2. The molecule has 0 radical (unpaired) electrons. The van der Waals surface area contributed by atoms with Crippen molar-refractivity contribution in [1.29, 1.82) is 5.41 Å². The fourth-order valence-electron chi connectivity index (χ4n) is 4.40. The molecule has 3 N–H and O–H groups in total. The van der Waals surface area contributed by atoms with E-state index in [1.54, 1.807) is 20.4 Å². The Bertz CT molecular complexity index is 1310. The highest BCUT2D eigenvalue weighted by Crippen LogP contribution is 2.31. The lowest BCUT2D eigenvalue weighted by Gasteiger charge is -2.31. The van der Waals surface area contributed by atoms with Gasteiger partial charge in [-0.25, -0.2) is 9.97 Å². The van der Waals surface area contributed by atoms with Crippen LogP contribution in [0, 0.1) is 12.3 Å². The van der Waals surface area contributed by atoms with Crippen LogP contribution in [-0.4, -0.2) is 54.0 Å². The smallest absolute Gasteiger partial charge is 0.244 e. The first-order chi connectivity index (χ1) is 16.8. The van der Waals surface area contributed by atoms with Crippen molar-refractivity contribution in [3.8, 4) is 0 Å². The van der Waals surface area contributed by atoms with Gasteiger partial charge in [-0.05, 0) is 80.8 Å². The quantitative estimate of drug-likeness (QED) is 0.453. The molecule has 8 nitrogen and oxygen atoms in total. The predicted octanol–water partition coefficient (Wildman–Crippen LogP) is 3.90. The number of fused-ring (bicyclic) bond motifs is 2. The molecule has 8 heteroatoms. The molecule has 0 unspecified atom stereocenters. The van der Waals surface area contributed by atoms with Gasteiger partial charge in [0, 0.05) is 49.6 Å². The molecule has 0 saturated heterocycles. The van der Waals surface area contributed by atoms with Crippen LogP contribution in [0.4, 0.5) is 11.5 Å². The van der Waals surface area contributed by atoms with E-state index >= 15 is 0 Å². The summed E-state index contributed by atoms with van der Waals surface area (Å²) in [5.41, 5.74) is 6.44. The van der Waals surface area contributed by atoms with Crippen LogP contribution < -0.4 is 15.5 Å². The third kappa shape index (κ3) is 4.93. The number of nitrogens with one attached hydrogen (secondary N) is 3. The van der Waals surface area contributed by atoms with Gasteiger partial charge in [0.05, 0.1) is 11.1 Å². The second-order valence-electron chi connectivity index (χ2n) is 9.45. The average molecular weight is 472 g/mol. The molecule has 3 aromatic rings. The number of carbonyl (C=O) groups excluding carboxylic acids is 1. The Morgan fingerprint density at radius 2 is 2.03 bits per heavy atom. The summed E-state index contributed by atoms with van der Waals surface area (Å²) >= 11 is 0. The van der Waals surface area contributed by atoms with Crippen LogP contribution in [0.3, 0.4) is 0 Å². The first-order valence-corrected chi connectivity index (χ1v) is 11.8. The van der Waals surface area contributed by atoms with Crippen LogP contribution in [0.25, 0.3) is 10.9 Å². The van der Waals surface area contributed by atoms with Crippen LogP contribution in [0.1, 0.15) is 42.5 Å². The molecule has 0 spiro atoms. The highest BCUT2D eigenvalue weighted by molar-refractivity contribution is 6.09. The summed E-state index contributed by atoms with van der Waals surface area (Å²) in [6.07, 6.45) is 4.38. The van der Waals surface area contributed by atoms with Crippen molar-refractivity contribution >= 4 is 40.2 Å². The Morgan fingerprint density at radius 1 is 1.23 bits per heavy atom. The maximum atomic E-state index is 12.6. The van der Waals surface area contributed by atoms with E-state index in [1.807, 2.05) is 26.8 Å². The summed E-state index contributed by atoms with van der Waals surface area (Å²) < 4.78 is 0. The van der Waals surface area contributed by atoms with Gasteiger partial charge in [0.1, 0.15) is 12.1 Å². The molecular weight excluding hydrogens is 438 g/mol. The third-order valence-electron chi connectivity index (χ3n) is 6.78. The number of carbonyl (C=O) groups is 1. The van der Waals surface area contributed by atoms with Crippen LogP contribution in [0.2, 0.25) is 0 Å². The maximum Gasteiger partial charge on any atom is 0.244 e. The van der Waals surface area contributed by atoms with Gasteiger partial charge in [0.25, 0.3) is 0 Å². The molecule has 1 aliphatic rings. The van der Waals surface area contributed by atoms with E-state index in [0.717, 1.165) is 52.2 Å². The monoisotopic (exact) mass is 471 g/mol. The number of likely N-dealkylation sites (N-methyl/N-ethyl adjacent to an activating group) is 1. The standard InChI is InChI=1S/C27H33N7O/c1-17-12-19(23(29-4)8-10-28)14-22-24(17)31-16-32-25(22)34-11-9-18-6-7-21(13-20(18)15-34)33-26(35)27(2,3)30-5/h6-7,10,12-14,16,28,30H,8-9,11,15H2,1-5H3,(H,33,35). The highest BCUT2D eigenvalue weighted by atomic mass is 16.2. The lowest BCUT2D eigenvalue weighted by Crippen LogP contribution is -2.47. The Balaban J connectivity index is 1.68. The van der Waals surface area contributed by atoms with Crippen LogP contribution in [0.15, 0.2) is 41.7 Å².